The molecule has 0 aliphatic heterocycles. The van der Waals surface area contributed by atoms with E-state index >= 15 is 0 Å². The van der Waals surface area contributed by atoms with E-state index < -0.39 is 44.4 Å². The minimum Gasteiger partial charge on any atom is -0.466 e. The lowest BCUT2D eigenvalue weighted by Crippen LogP contribution is -2.29. The molecule has 0 fully saturated rings. The van der Waals surface area contributed by atoms with Gasteiger partial charge in [0.05, 0.1) is 23.6 Å². The van der Waals surface area contributed by atoms with Gasteiger partial charge in [-0.3, -0.25) is 4.79 Å². The van der Waals surface area contributed by atoms with E-state index in [0.717, 1.165) is 18.4 Å². The number of pyridine rings is 1. The van der Waals surface area contributed by atoms with Crippen LogP contribution in [0.1, 0.15) is 34.7 Å². The lowest BCUT2D eigenvalue weighted by molar-refractivity contribution is -0.274. The first-order valence-electron chi connectivity index (χ1n) is 9.60. The van der Waals surface area contributed by atoms with Gasteiger partial charge in [0.25, 0.3) is 5.91 Å². The predicted molar refractivity (Wildman–Crippen MR) is 113 cm³/mol. The molecule has 1 atom stereocenters. The summed E-state index contributed by atoms with van der Waals surface area (Å²) >= 11 is 0. The Labute approximate surface area is 197 Å². The van der Waals surface area contributed by atoms with Crippen molar-refractivity contribution < 1.29 is 35.9 Å². The van der Waals surface area contributed by atoms with Crippen molar-refractivity contribution in [1.29, 1.82) is 5.26 Å². The predicted octanol–water partition coefficient (Wildman–Crippen LogP) is 2.34. The van der Waals surface area contributed by atoms with E-state index in [9.17, 15) is 26.4 Å². The summed E-state index contributed by atoms with van der Waals surface area (Å²) < 4.78 is 72.0. The van der Waals surface area contributed by atoms with E-state index in [1.54, 1.807) is 0 Å². The number of alkyl halides is 3. The monoisotopic (exact) mass is 510 g/mol. The van der Waals surface area contributed by atoms with Crippen LogP contribution >= 0.6 is 0 Å². The molecule has 11 nitrogen and oxygen atoms in total. The molecule has 35 heavy (non-hydrogen) atoms. The molecular formula is C20H17F3N6O5S. The average molecular weight is 510 g/mol. The van der Waals surface area contributed by atoms with Crippen LogP contribution in [0, 0.1) is 11.3 Å². The normalized spacial score (nSPS) is 12.5. The lowest BCUT2D eigenvalue weighted by atomic mass is 10.2. The van der Waals surface area contributed by atoms with Gasteiger partial charge >= 0.3 is 12.4 Å². The third-order valence-electron chi connectivity index (χ3n) is 4.43. The number of nitrogens with one attached hydrogen (secondary N) is 1. The van der Waals surface area contributed by atoms with Crippen LogP contribution in [0.5, 0.6) is 11.8 Å². The smallest absolute Gasteiger partial charge is 0.466 e. The Balaban J connectivity index is 1.95. The first-order valence-corrected chi connectivity index (χ1v) is 11.5. The summed E-state index contributed by atoms with van der Waals surface area (Å²) in [7, 11) is -2.65. The molecule has 2 heterocycles. The fraction of sp³-hybridized carbons (Fsp3) is 0.250. The highest BCUT2D eigenvalue weighted by Gasteiger charge is 2.32. The number of ether oxygens (including phenoxy) is 2. The number of carbonyl (C=O) groups excluding carboxylic acids is 1. The Bertz CT molecular complexity index is 1400. The number of halogens is 3. The second kappa shape index (κ2) is 9.58. The summed E-state index contributed by atoms with van der Waals surface area (Å²) in [4.78, 5) is 20.6. The van der Waals surface area contributed by atoms with E-state index in [1.165, 1.54) is 37.0 Å². The SMILES string of the molecule is COc1nc([C@H](C)NC(=O)c2cc(OC(F)(F)F)cc(S(C)(=O)=O)c2)n(-c2ccc(C#N)cn2)n1. The Hall–Kier alpha value is -4.19. The summed E-state index contributed by atoms with van der Waals surface area (Å²) in [6, 6.07) is 6.29. The first-order chi connectivity index (χ1) is 16.3. The molecule has 3 aromatic rings. The number of nitrogens with zero attached hydrogens (tertiary/aromatic N) is 5. The van der Waals surface area contributed by atoms with Gasteiger partial charge in [-0.15, -0.1) is 18.3 Å². The summed E-state index contributed by atoms with van der Waals surface area (Å²) in [5.41, 5.74) is -0.0973. The van der Waals surface area contributed by atoms with Gasteiger partial charge in [0, 0.05) is 18.0 Å². The van der Waals surface area contributed by atoms with E-state index in [-0.39, 0.29) is 17.7 Å². The maximum atomic E-state index is 12.8. The summed E-state index contributed by atoms with van der Waals surface area (Å²) in [6.07, 6.45) is -3.02. The second-order valence-corrected chi connectivity index (χ2v) is 9.11. The minimum atomic E-state index is -5.10. The van der Waals surface area contributed by atoms with Crippen molar-refractivity contribution in [3.05, 3.63) is 53.5 Å². The number of rotatable bonds is 7. The molecule has 0 unspecified atom stereocenters. The highest BCUT2D eigenvalue weighted by atomic mass is 32.2. The topological polar surface area (TPSA) is 149 Å². The number of nitriles is 1. The number of amides is 1. The van der Waals surface area contributed by atoms with Crippen molar-refractivity contribution in [2.24, 2.45) is 0 Å². The molecule has 0 spiro atoms. The molecule has 0 radical (unpaired) electrons. The molecule has 1 N–H and O–H groups in total. The van der Waals surface area contributed by atoms with Crippen LogP contribution in [0.4, 0.5) is 13.2 Å². The number of hydrogen-bond acceptors (Lipinski definition) is 9. The van der Waals surface area contributed by atoms with Gasteiger partial charge < -0.3 is 14.8 Å². The van der Waals surface area contributed by atoms with Crippen LogP contribution in [-0.4, -0.2) is 53.8 Å². The van der Waals surface area contributed by atoms with Crippen LogP contribution in [-0.2, 0) is 9.84 Å². The Morgan fingerprint density at radius 3 is 2.51 bits per heavy atom. The molecule has 0 bridgehead atoms. The molecule has 184 valence electrons. The molecule has 0 saturated carbocycles. The van der Waals surface area contributed by atoms with Crippen molar-refractivity contribution in [1.82, 2.24) is 25.1 Å². The van der Waals surface area contributed by atoms with Crippen LogP contribution in [0.3, 0.4) is 0 Å². The molecule has 3 rings (SSSR count). The Kier molecular flexibility index (Phi) is 6.96. The molecule has 15 heteroatoms. The summed E-state index contributed by atoms with van der Waals surface area (Å²) in [5.74, 6) is -1.39. The average Bonchev–Trinajstić information content (AvgIpc) is 3.22. The van der Waals surface area contributed by atoms with E-state index in [2.05, 4.69) is 25.1 Å². The zero-order valence-corrected chi connectivity index (χ0v) is 19.2. The zero-order valence-electron chi connectivity index (χ0n) is 18.4. The highest BCUT2D eigenvalue weighted by Crippen LogP contribution is 2.27. The maximum absolute atomic E-state index is 12.8. The molecule has 0 aliphatic carbocycles. The van der Waals surface area contributed by atoms with Crippen LogP contribution in [0.15, 0.2) is 41.4 Å². The van der Waals surface area contributed by atoms with Crippen LogP contribution in [0.25, 0.3) is 5.82 Å². The van der Waals surface area contributed by atoms with E-state index in [0.29, 0.717) is 11.6 Å². The van der Waals surface area contributed by atoms with Crippen molar-refractivity contribution >= 4 is 15.7 Å². The number of hydrogen-bond donors (Lipinski definition) is 1. The fourth-order valence-electron chi connectivity index (χ4n) is 2.87. The van der Waals surface area contributed by atoms with Crippen LogP contribution < -0.4 is 14.8 Å². The third kappa shape index (κ3) is 6.23. The van der Waals surface area contributed by atoms with Crippen LogP contribution in [0.2, 0.25) is 0 Å². The van der Waals surface area contributed by atoms with Crippen molar-refractivity contribution in [3.8, 4) is 23.6 Å². The number of carbonyl (C=O) groups is 1. The number of aromatic nitrogens is 4. The molecule has 1 amide bonds. The second-order valence-electron chi connectivity index (χ2n) is 7.09. The minimum absolute atomic E-state index is 0.0628. The third-order valence-corrected chi connectivity index (χ3v) is 5.52. The highest BCUT2D eigenvalue weighted by molar-refractivity contribution is 7.90. The summed E-state index contributed by atoms with van der Waals surface area (Å²) in [5, 5.41) is 15.6. The number of sulfone groups is 1. The molecular weight excluding hydrogens is 493 g/mol. The van der Waals surface area contributed by atoms with E-state index in [4.69, 9.17) is 10.00 Å². The zero-order chi connectivity index (χ0) is 26.0. The van der Waals surface area contributed by atoms with Crippen molar-refractivity contribution in [2.75, 3.05) is 13.4 Å². The van der Waals surface area contributed by atoms with Gasteiger partial charge in [-0.05, 0) is 37.3 Å². The number of benzene rings is 1. The quantitative estimate of drug-likeness (QED) is 0.505. The molecule has 1 aromatic carbocycles. The van der Waals surface area contributed by atoms with Crippen molar-refractivity contribution in [2.45, 2.75) is 24.2 Å². The van der Waals surface area contributed by atoms with E-state index in [1.807, 2.05) is 6.07 Å². The van der Waals surface area contributed by atoms with Gasteiger partial charge in [0.1, 0.15) is 11.8 Å². The largest absolute Gasteiger partial charge is 0.573 e. The maximum Gasteiger partial charge on any atom is 0.573 e. The Morgan fingerprint density at radius 1 is 1.26 bits per heavy atom. The van der Waals surface area contributed by atoms with Crippen molar-refractivity contribution in [3.63, 3.8) is 0 Å². The standard InChI is InChI=1S/C20H17F3N6O5S/c1-11(17-27-19(33-2)28-29(17)16-5-4-12(9-24)10-25-16)26-18(30)13-6-14(34-20(21,22)23)8-15(7-13)35(3,31)32/h4-8,10-11H,1-3H3,(H,26,30)/t11-/m0/s1. The Morgan fingerprint density at radius 2 is 1.97 bits per heavy atom. The first kappa shape index (κ1) is 25.4. The van der Waals surface area contributed by atoms with Gasteiger partial charge in [-0.2, -0.15) is 14.9 Å². The fourth-order valence-corrected chi connectivity index (χ4v) is 3.54. The molecule has 0 saturated heterocycles. The summed E-state index contributed by atoms with van der Waals surface area (Å²) in [6.45, 7) is 1.51. The van der Waals surface area contributed by atoms with Gasteiger partial charge in [0.15, 0.2) is 21.5 Å². The lowest BCUT2D eigenvalue weighted by Gasteiger charge is -2.16. The van der Waals surface area contributed by atoms with Gasteiger partial charge in [0.2, 0.25) is 0 Å². The van der Waals surface area contributed by atoms with Gasteiger partial charge in [-0.1, -0.05) is 0 Å². The van der Waals surface area contributed by atoms with Gasteiger partial charge in [-0.25, -0.2) is 13.4 Å². The molecule has 0 aliphatic rings. The number of methoxy groups -OCH3 is 1. The molecule has 2 aromatic heterocycles.